The molecular weight excluding hydrogens is 414 g/mol. The number of aromatic amines is 1. The van der Waals surface area contributed by atoms with Crippen LogP contribution in [0.25, 0.3) is 0 Å². The number of aliphatic imine (C=N–C) groups is 1. The van der Waals surface area contributed by atoms with E-state index in [-0.39, 0.29) is 12.2 Å². The molecule has 1 aromatic carbocycles. The van der Waals surface area contributed by atoms with Crippen LogP contribution < -0.4 is 10.3 Å². The minimum absolute atomic E-state index is 0.0897. The van der Waals surface area contributed by atoms with Crippen molar-refractivity contribution in [3.05, 3.63) is 58.4 Å². The maximum atomic E-state index is 13.1. The molecule has 0 spiro atoms. The Balaban J connectivity index is 2.10. The van der Waals surface area contributed by atoms with Gasteiger partial charge in [-0.2, -0.15) is 0 Å². The quantitative estimate of drug-likeness (QED) is 0.206. The van der Waals surface area contributed by atoms with Crippen LogP contribution in [0.15, 0.2) is 51.9 Å². The fourth-order valence-electron chi connectivity index (χ4n) is 3.55. The normalized spacial score (nSPS) is 17.5. The number of carbonyl (C=O) groups is 1. The Bertz CT molecular complexity index is 1030. The third-order valence-electron chi connectivity index (χ3n) is 5.10. The van der Waals surface area contributed by atoms with Crippen LogP contribution in [0.2, 0.25) is 0 Å². The molecule has 2 atom stereocenters. The van der Waals surface area contributed by atoms with Crippen molar-refractivity contribution in [3.8, 4) is 5.75 Å². The zero-order valence-electron chi connectivity index (χ0n) is 18.0. The van der Waals surface area contributed by atoms with E-state index in [0.717, 1.165) is 24.2 Å². The lowest BCUT2D eigenvalue weighted by atomic mass is 9.77. The second kappa shape index (κ2) is 10.4. The van der Waals surface area contributed by atoms with Gasteiger partial charge >= 0.3 is 5.97 Å². The number of H-pyrrole nitrogens is 1. The summed E-state index contributed by atoms with van der Waals surface area (Å²) >= 11 is 1.50. The van der Waals surface area contributed by atoms with E-state index in [1.54, 1.807) is 26.2 Å². The molecule has 164 valence electrons. The van der Waals surface area contributed by atoms with Crippen LogP contribution in [-0.4, -0.2) is 41.1 Å². The fourth-order valence-corrected chi connectivity index (χ4v) is 4.49. The molecule has 0 aliphatic carbocycles. The predicted octanol–water partition coefficient (Wildman–Crippen LogP) is 4.25. The number of unbranched alkanes of at least 4 members (excludes halogenated alkanes) is 1. The van der Waals surface area contributed by atoms with E-state index >= 15 is 0 Å². The van der Waals surface area contributed by atoms with E-state index < -0.39 is 17.8 Å². The van der Waals surface area contributed by atoms with Crippen LogP contribution in [0.3, 0.4) is 0 Å². The number of fused-ring (bicyclic) bond motifs is 1. The first kappa shape index (κ1) is 22.8. The first-order valence-corrected chi connectivity index (χ1v) is 11.2. The fraction of sp³-hybridized carbons (Fsp3) is 0.391. The number of methoxy groups -OCH3 is 1. The van der Waals surface area contributed by atoms with Crippen LogP contribution in [0.4, 0.5) is 5.82 Å². The summed E-state index contributed by atoms with van der Waals surface area (Å²) in [4.78, 5) is 38.1. The Kier molecular flexibility index (Phi) is 7.68. The second-order valence-corrected chi connectivity index (χ2v) is 8.29. The number of hydrogen-bond acceptors (Lipinski definition) is 7. The van der Waals surface area contributed by atoms with Crippen molar-refractivity contribution in [2.24, 2.45) is 10.9 Å². The van der Waals surface area contributed by atoms with Gasteiger partial charge in [0.05, 0.1) is 12.7 Å². The highest BCUT2D eigenvalue weighted by atomic mass is 32.2. The summed E-state index contributed by atoms with van der Waals surface area (Å²) in [6, 6.07) is 7.31. The molecule has 31 heavy (non-hydrogen) atoms. The number of nitrogens with one attached hydrogen (secondary N) is 1. The third-order valence-corrected chi connectivity index (χ3v) is 6.06. The van der Waals surface area contributed by atoms with Crippen molar-refractivity contribution in [1.82, 2.24) is 9.97 Å². The average Bonchev–Trinajstić information content (AvgIpc) is 2.76. The van der Waals surface area contributed by atoms with Gasteiger partial charge in [-0.1, -0.05) is 49.9 Å². The topological polar surface area (TPSA) is 93.6 Å². The van der Waals surface area contributed by atoms with Gasteiger partial charge in [0.2, 0.25) is 0 Å². The summed E-state index contributed by atoms with van der Waals surface area (Å²) < 4.78 is 10.6. The molecule has 0 saturated heterocycles. The number of benzene rings is 1. The molecule has 0 amide bonds. The molecule has 8 heteroatoms. The zero-order valence-corrected chi connectivity index (χ0v) is 18.8. The van der Waals surface area contributed by atoms with Gasteiger partial charge in [-0.25, -0.2) is 9.98 Å². The SMILES string of the molecule is C=CCOC(=O)C1C(C)=Nc2nc(SCCCC)[nH]c(=O)c2C1c1ccc(OC)cc1. The number of aromatic nitrogens is 2. The maximum absolute atomic E-state index is 13.1. The summed E-state index contributed by atoms with van der Waals surface area (Å²) in [7, 11) is 1.59. The molecule has 1 N–H and O–H groups in total. The smallest absolute Gasteiger partial charge is 0.315 e. The molecule has 3 rings (SSSR count). The van der Waals surface area contributed by atoms with E-state index in [1.165, 1.54) is 17.8 Å². The first-order valence-electron chi connectivity index (χ1n) is 10.2. The van der Waals surface area contributed by atoms with Gasteiger partial charge < -0.3 is 14.5 Å². The van der Waals surface area contributed by atoms with Crippen molar-refractivity contribution in [3.63, 3.8) is 0 Å². The second-order valence-electron chi connectivity index (χ2n) is 7.21. The minimum atomic E-state index is -0.734. The Labute approximate surface area is 186 Å². The van der Waals surface area contributed by atoms with E-state index in [2.05, 4.69) is 28.5 Å². The lowest BCUT2D eigenvalue weighted by molar-refractivity contribution is -0.145. The van der Waals surface area contributed by atoms with Crippen molar-refractivity contribution in [2.75, 3.05) is 19.5 Å². The van der Waals surface area contributed by atoms with Gasteiger partial charge in [-0.05, 0) is 31.0 Å². The van der Waals surface area contributed by atoms with Gasteiger partial charge in [0.15, 0.2) is 11.0 Å². The molecule has 1 aliphatic heterocycles. The summed E-state index contributed by atoms with van der Waals surface area (Å²) in [5.74, 6) is 0.149. The average molecular weight is 442 g/mol. The van der Waals surface area contributed by atoms with E-state index in [1.807, 2.05) is 12.1 Å². The number of ether oxygens (including phenoxy) is 2. The zero-order chi connectivity index (χ0) is 22.4. The molecule has 0 radical (unpaired) electrons. The number of carbonyl (C=O) groups excluding carboxylic acids is 1. The van der Waals surface area contributed by atoms with Crippen molar-refractivity contribution >= 4 is 29.3 Å². The van der Waals surface area contributed by atoms with Crippen LogP contribution in [-0.2, 0) is 9.53 Å². The Morgan fingerprint density at radius 2 is 2.06 bits per heavy atom. The van der Waals surface area contributed by atoms with Crippen molar-refractivity contribution in [1.29, 1.82) is 0 Å². The van der Waals surface area contributed by atoms with E-state index in [0.29, 0.717) is 28.0 Å². The number of thioether (sulfide) groups is 1. The highest BCUT2D eigenvalue weighted by Crippen LogP contribution is 2.41. The Morgan fingerprint density at radius 3 is 2.71 bits per heavy atom. The molecule has 0 saturated carbocycles. The van der Waals surface area contributed by atoms with Crippen LogP contribution in [0, 0.1) is 5.92 Å². The summed E-state index contributed by atoms with van der Waals surface area (Å²) in [5.41, 5.74) is 1.43. The Hall–Kier alpha value is -2.87. The first-order chi connectivity index (χ1) is 15.0. The van der Waals surface area contributed by atoms with Gasteiger partial charge in [-0.3, -0.25) is 9.59 Å². The monoisotopic (exact) mass is 441 g/mol. The molecule has 1 aliphatic rings. The lowest BCUT2D eigenvalue weighted by Gasteiger charge is -2.30. The number of nitrogens with zero attached hydrogens (tertiary/aromatic N) is 2. The molecule has 2 heterocycles. The summed E-state index contributed by atoms with van der Waals surface area (Å²) in [5, 5.41) is 0.537. The van der Waals surface area contributed by atoms with E-state index in [4.69, 9.17) is 9.47 Å². The van der Waals surface area contributed by atoms with Crippen LogP contribution in [0.5, 0.6) is 5.75 Å². The highest BCUT2D eigenvalue weighted by molar-refractivity contribution is 7.99. The third kappa shape index (κ3) is 5.07. The number of rotatable bonds is 9. The molecule has 0 bridgehead atoms. The molecule has 0 fully saturated rings. The number of hydrogen-bond donors (Lipinski definition) is 1. The predicted molar refractivity (Wildman–Crippen MR) is 123 cm³/mol. The number of esters is 1. The van der Waals surface area contributed by atoms with Gasteiger partial charge in [0, 0.05) is 17.4 Å². The summed E-state index contributed by atoms with van der Waals surface area (Å²) in [6.07, 6.45) is 3.60. The van der Waals surface area contributed by atoms with Gasteiger partial charge in [-0.15, -0.1) is 0 Å². The lowest BCUT2D eigenvalue weighted by Crippen LogP contribution is -2.37. The van der Waals surface area contributed by atoms with Crippen molar-refractivity contribution < 1.29 is 14.3 Å². The van der Waals surface area contributed by atoms with E-state index in [9.17, 15) is 9.59 Å². The van der Waals surface area contributed by atoms with Gasteiger partial charge in [0.1, 0.15) is 18.3 Å². The minimum Gasteiger partial charge on any atom is -0.497 e. The standard InChI is InChI=1S/C23H27N3O4S/c1-5-7-13-31-23-25-20-19(21(27)26-23)18(15-8-10-16(29-4)11-9-15)17(14(3)24-20)22(28)30-12-6-2/h6,8-11,17-18H,2,5,7,12-13H2,1,3-4H3,(H,25,26,27). The summed E-state index contributed by atoms with van der Waals surface area (Å²) in [6.45, 7) is 7.57. The van der Waals surface area contributed by atoms with Crippen molar-refractivity contribution in [2.45, 2.75) is 37.8 Å². The molecule has 2 unspecified atom stereocenters. The highest BCUT2D eigenvalue weighted by Gasteiger charge is 2.41. The van der Waals surface area contributed by atoms with Crippen LogP contribution in [0.1, 0.15) is 43.7 Å². The molecule has 1 aromatic heterocycles. The molecule has 2 aromatic rings. The molecule has 7 nitrogen and oxygen atoms in total. The largest absolute Gasteiger partial charge is 0.497 e. The Morgan fingerprint density at radius 1 is 1.32 bits per heavy atom. The van der Waals surface area contributed by atoms with Crippen LogP contribution >= 0.6 is 11.8 Å². The molecular formula is C23H27N3O4S. The van der Waals surface area contributed by atoms with Gasteiger partial charge in [0.25, 0.3) is 5.56 Å². The maximum Gasteiger partial charge on any atom is 0.315 e.